The van der Waals surface area contributed by atoms with E-state index in [0.717, 1.165) is 11.4 Å². The van der Waals surface area contributed by atoms with Gasteiger partial charge in [-0.2, -0.15) is 0 Å². The molecule has 0 amide bonds. The number of carbonyl (C=O) groups excluding carboxylic acids is 1. The van der Waals surface area contributed by atoms with E-state index in [2.05, 4.69) is 9.97 Å². The first-order valence-corrected chi connectivity index (χ1v) is 3.18. The fourth-order valence-electron chi connectivity index (χ4n) is 0.801. The maximum atomic E-state index is 10.6. The molecule has 0 aliphatic carbocycles. The highest BCUT2D eigenvalue weighted by Crippen LogP contribution is 2.00. The molecule has 0 spiro atoms. The molecule has 1 rings (SSSR count). The Morgan fingerprint density at radius 2 is 2.50 bits per heavy atom. The molecule has 10 heavy (non-hydrogen) atoms. The van der Waals surface area contributed by atoms with Gasteiger partial charge in [0.1, 0.15) is 5.78 Å². The maximum absolute atomic E-state index is 10.6. The summed E-state index contributed by atoms with van der Waals surface area (Å²) in [6.07, 6.45) is 2.04. The third-order valence-corrected chi connectivity index (χ3v) is 1.35. The summed E-state index contributed by atoms with van der Waals surface area (Å²) in [4.78, 5) is 17.5. The minimum Gasteiger partial charge on any atom is -0.348 e. The molecule has 0 bridgehead atoms. The number of imidazole rings is 1. The third kappa shape index (κ3) is 1.43. The fraction of sp³-hybridized carbons (Fsp3) is 0.429. The predicted molar refractivity (Wildman–Crippen MR) is 37.7 cm³/mol. The number of rotatable bonds is 2. The fourth-order valence-corrected chi connectivity index (χ4v) is 0.801. The zero-order chi connectivity index (χ0) is 7.56. The van der Waals surface area contributed by atoms with E-state index in [1.54, 1.807) is 13.3 Å². The second-order valence-corrected chi connectivity index (χ2v) is 2.35. The van der Waals surface area contributed by atoms with E-state index in [1.165, 1.54) is 0 Å². The van der Waals surface area contributed by atoms with Crippen LogP contribution < -0.4 is 0 Å². The highest BCUT2D eigenvalue weighted by atomic mass is 16.1. The molecule has 1 N–H and O–H groups in total. The number of Topliss-reactive ketones (excluding diaryl/α,β-unsaturated/α-hetero) is 1. The van der Waals surface area contributed by atoms with Crippen LogP contribution >= 0.6 is 0 Å². The number of aromatic amines is 1. The summed E-state index contributed by atoms with van der Waals surface area (Å²) in [6.45, 7) is 3.47. The molecule has 0 saturated carbocycles. The molecule has 3 heteroatoms. The summed E-state index contributed by atoms with van der Waals surface area (Å²) in [5.74, 6) is 0.148. The number of aryl methyl sites for hydroxylation is 1. The lowest BCUT2D eigenvalue weighted by Gasteiger charge is -1.90. The van der Waals surface area contributed by atoms with Crippen LogP contribution in [0.5, 0.6) is 0 Å². The van der Waals surface area contributed by atoms with Crippen LogP contribution in [-0.4, -0.2) is 15.8 Å². The van der Waals surface area contributed by atoms with Crippen molar-refractivity contribution in [2.45, 2.75) is 20.3 Å². The van der Waals surface area contributed by atoms with E-state index in [4.69, 9.17) is 0 Å². The van der Waals surface area contributed by atoms with Gasteiger partial charge in [-0.05, 0) is 13.8 Å². The van der Waals surface area contributed by atoms with Crippen LogP contribution in [0.3, 0.4) is 0 Å². The van der Waals surface area contributed by atoms with Crippen LogP contribution in [0.15, 0.2) is 6.33 Å². The number of ketones is 1. The first-order chi connectivity index (χ1) is 4.70. The van der Waals surface area contributed by atoms with Gasteiger partial charge in [-0.25, -0.2) is 4.98 Å². The smallest absolute Gasteiger partial charge is 0.135 e. The number of nitrogens with one attached hydrogen (secondary N) is 1. The van der Waals surface area contributed by atoms with Gasteiger partial charge in [-0.15, -0.1) is 0 Å². The molecule has 0 saturated heterocycles. The monoisotopic (exact) mass is 138 g/mol. The minimum absolute atomic E-state index is 0.148. The van der Waals surface area contributed by atoms with Crippen LogP contribution in [0, 0.1) is 6.92 Å². The van der Waals surface area contributed by atoms with Gasteiger partial charge >= 0.3 is 0 Å². The summed E-state index contributed by atoms with van der Waals surface area (Å²) >= 11 is 0. The summed E-state index contributed by atoms with van der Waals surface area (Å²) in [5, 5.41) is 0. The zero-order valence-electron chi connectivity index (χ0n) is 6.14. The number of hydrogen-bond acceptors (Lipinski definition) is 2. The Balaban J connectivity index is 2.74. The lowest BCUT2D eigenvalue weighted by molar-refractivity contribution is -0.116. The number of H-pyrrole nitrogens is 1. The molecule has 0 aliphatic rings. The van der Waals surface area contributed by atoms with Crippen LogP contribution in [0.4, 0.5) is 0 Å². The van der Waals surface area contributed by atoms with Gasteiger partial charge in [-0.3, -0.25) is 4.79 Å². The van der Waals surface area contributed by atoms with Crippen molar-refractivity contribution in [2.24, 2.45) is 0 Å². The zero-order valence-corrected chi connectivity index (χ0v) is 6.14. The quantitative estimate of drug-likeness (QED) is 0.658. The Morgan fingerprint density at radius 1 is 1.80 bits per heavy atom. The van der Waals surface area contributed by atoms with E-state index >= 15 is 0 Å². The molecule has 1 aromatic heterocycles. The van der Waals surface area contributed by atoms with Gasteiger partial charge in [0.25, 0.3) is 0 Å². The molecule has 0 unspecified atom stereocenters. The van der Waals surface area contributed by atoms with Crippen molar-refractivity contribution in [3.8, 4) is 0 Å². The van der Waals surface area contributed by atoms with Gasteiger partial charge in [0.15, 0.2) is 0 Å². The Hall–Kier alpha value is -1.12. The SMILES string of the molecule is CC(=O)Cc1nc[nH]c1C. The molecule has 0 aliphatic heterocycles. The first kappa shape index (κ1) is 6.99. The Labute approximate surface area is 59.5 Å². The lowest BCUT2D eigenvalue weighted by Crippen LogP contribution is -1.97. The van der Waals surface area contributed by atoms with Crippen molar-refractivity contribution in [1.82, 2.24) is 9.97 Å². The van der Waals surface area contributed by atoms with Crippen molar-refractivity contribution in [1.29, 1.82) is 0 Å². The van der Waals surface area contributed by atoms with Gasteiger partial charge in [-0.1, -0.05) is 0 Å². The van der Waals surface area contributed by atoms with Gasteiger partial charge in [0.05, 0.1) is 18.4 Å². The topological polar surface area (TPSA) is 45.8 Å². The third-order valence-electron chi connectivity index (χ3n) is 1.35. The average molecular weight is 138 g/mol. The Bertz CT molecular complexity index is 240. The molecule has 0 atom stereocenters. The normalized spacial score (nSPS) is 9.80. The van der Waals surface area contributed by atoms with Gasteiger partial charge in [0.2, 0.25) is 0 Å². The number of nitrogens with zero attached hydrogens (tertiary/aromatic N) is 1. The molecule has 1 heterocycles. The largest absolute Gasteiger partial charge is 0.348 e. The van der Waals surface area contributed by atoms with Gasteiger partial charge in [0, 0.05) is 5.69 Å². The van der Waals surface area contributed by atoms with Crippen LogP contribution in [-0.2, 0) is 11.2 Å². The summed E-state index contributed by atoms with van der Waals surface area (Å²) in [5.41, 5.74) is 1.84. The van der Waals surface area contributed by atoms with Crippen molar-refractivity contribution in [2.75, 3.05) is 0 Å². The molecule has 3 nitrogen and oxygen atoms in total. The standard InChI is InChI=1S/C7H10N2O/c1-5(10)3-7-6(2)8-4-9-7/h4H,3H2,1-2H3,(H,8,9). The minimum atomic E-state index is 0.148. The molecule has 0 fully saturated rings. The van der Waals surface area contributed by atoms with Crippen LogP contribution in [0.1, 0.15) is 18.3 Å². The van der Waals surface area contributed by atoms with E-state index in [1.807, 2.05) is 6.92 Å². The van der Waals surface area contributed by atoms with E-state index in [-0.39, 0.29) is 5.78 Å². The summed E-state index contributed by atoms with van der Waals surface area (Å²) in [7, 11) is 0. The van der Waals surface area contributed by atoms with Crippen LogP contribution in [0.25, 0.3) is 0 Å². The lowest BCUT2D eigenvalue weighted by atomic mass is 10.2. The van der Waals surface area contributed by atoms with E-state index in [9.17, 15) is 4.79 Å². The van der Waals surface area contributed by atoms with Crippen molar-refractivity contribution >= 4 is 5.78 Å². The van der Waals surface area contributed by atoms with E-state index in [0.29, 0.717) is 6.42 Å². The highest BCUT2D eigenvalue weighted by Gasteiger charge is 2.02. The second kappa shape index (κ2) is 2.64. The molecular weight excluding hydrogens is 128 g/mol. The Kier molecular flexibility index (Phi) is 1.85. The summed E-state index contributed by atoms with van der Waals surface area (Å²) < 4.78 is 0. The van der Waals surface area contributed by atoms with Crippen molar-refractivity contribution in [3.63, 3.8) is 0 Å². The first-order valence-electron chi connectivity index (χ1n) is 3.18. The van der Waals surface area contributed by atoms with Crippen LogP contribution in [0.2, 0.25) is 0 Å². The predicted octanol–water partition coefficient (Wildman–Crippen LogP) is 0.850. The van der Waals surface area contributed by atoms with E-state index < -0.39 is 0 Å². The molecular formula is C7H10N2O. The molecule has 54 valence electrons. The molecule has 0 aromatic carbocycles. The number of carbonyl (C=O) groups is 1. The summed E-state index contributed by atoms with van der Waals surface area (Å²) in [6, 6.07) is 0. The average Bonchev–Trinajstić information content (AvgIpc) is 2.15. The van der Waals surface area contributed by atoms with Crippen molar-refractivity contribution < 1.29 is 4.79 Å². The number of hydrogen-bond donors (Lipinski definition) is 1. The molecule has 1 aromatic rings. The highest BCUT2D eigenvalue weighted by molar-refractivity contribution is 5.77. The van der Waals surface area contributed by atoms with Crippen molar-refractivity contribution in [3.05, 3.63) is 17.7 Å². The Morgan fingerprint density at radius 3 is 2.90 bits per heavy atom. The second-order valence-electron chi connectivity index (χ2n) is 2.35. The van der Waals surface area contributed by atoms with Gasteiger partial charge < -0.3 is 4.98 Å². The number of aromatic nitrogens is 2. The maximum Gasteiger partial charge on any atom is 0.135 e. The molecule has 0 radical (unpaired) electrons.